The molecule has 3 rings (SSSR count). The minimum atomic E-state index is -0.0491. The largest absolute Gasteiger partial charge is 0.321 e. The van der Waals surface area contributed by atoms with Crippen LogP contribution in [0.2, 0.25) is 0 Å². The quantitative estimate of drug-likeness (QED) is 0.669. The summed E-state index contributed by atoms with van der Waals surface area (Å²) in [5, 5.41) is 2.94. The summed E-state index contributed by atoms with van der Waals surface area (Å²) in [6.45, 7) is 2.27. The molecule has 1 aromatic heterocycles. The predicted molar refractivity (Wildman–Crippen MR) is 99.6 cm³/mol. The van der Waals surface area contributed by atoms with Crippen molar-refractivity contribution in [2.24, 2.45) is 0 Å². The van der Waals surface area contributed by atoms with Crippen LogP contribution in [0, 0.1) is 6.92 Å². The summed E-state index contributed by atoms with van der Waals surface area (Å²) >= 11 is 3.46. The number of pyridine rings is 1. The lowest BCUT2D eigenvalue weighted by molar-refractivity contribution is -0.683. The van der Waals surface area contributed by atoms with Crippen LogP contribution in [0.1, 0.15) is 5.56 Å². The molecular formula is C20H18BrN2O+. The first-order valence-corrected chi connectivity index (χ1v) is 8.52. The van der Waals surface area contributed by atoms with Crippen molar-refractivity contribution in [1.29, 1.82) is 0 Å². The summed E-state index contributed by atoms with van der Waals surface area (Å²) < 4.78 is 2.93. The Hall–Kier alpha value is -2.46. The third-order valence-electron chi connectivity index (χ3n) is 3.73. The molecule has 1 amide bonds. The van der Waals surface area contributed by atoms with Gasteiger partial charge in [-0.3, -0.25) is 4.79 Å². The first-order valence-electron chi connectivity index (χ1n) is 7.72. The van der Waals surface area contributed by atoms with Gasteiger partial charge in [-0.05, 0) is 42.3 Å². The molecule has 0 saturated carbocycles. The van der Waals surface area contributed by atoms with Crippen LogP contribution in [0.15, 0.2) is 77.5 Å². The maximum Gasteiger partial charge on any atom is 0.290 e. The van der Waals surface area contributed by atoms with E-state index in [-0.39, 0.29) is 12.5 Å². The third-order valence-corrected chi connectivity index (χ3v) is 4.62. The van der Waals surface area contributed by atoms with E-state index in [1.165, 1.54) is 0 Å². The maximum atomic E-state index is 12.3. The molecule has 0 spiro atoms. The highest BCUT2D eigenvalue weighted by molar-refractivity contribution is 9.10. The molecule has 0 bridgehead atoms. The van der Waals surface area contributed by atoms with Gasteiger partial charge in [0.2, 0.25) is 6.54 Å². The molecule has 4 heteroatoms. The van der Waals surface area contributed by atoms with Gasteiger partial charge in [-0.2, -0.15) is 4.57 Å². The van der Waals surface area contributed by atoms with Gasteiger partial charge in [-0.15, -0.1) is 0 Å². The lowest BCUT2D eigenvalue weighted by atomic mass is 10.1. The zero-order valence-corrected chi connectivity index (χ0v) is 15.0. The molecule has 1 N–H and O–H groups in total. The van der Waals surface area contributed by atoms with Crippen LogP contribution in [-0.2, 0) is 11.3 Å². The van der Waals surface area contributed by atoms with E-state index in [2.05, 4.69) is 33.4 Å². The highest BCUT2D eigenvalue weighted by atomic mass is 79.9. The Morgan fingerprint density at radius 2 is 1.79 bits per heavy atom. The van der Waals surface area contributed by atoms with Crippen LogP contribution < -0.4 is 9.88 Å². The molecule has 0 radical (unpaired) electrons. The van der Waals surface area contributed by atoms with Crippen LogP contribution in [0.5, 0.6) is 0 Å². The normalized spacial score (nSPS) is 10.4. The number of rotatable bonds is 4. The second-order valence-corrected chi connectivity index (χ2v) is 6.50. The fourth-order valence-electron chi connectivity index (χ4n) is 2.51. The van der Waals surface area contributed by atoms with Crippen molar-refractivity contribution >= 4 is 27.5 Å². The summed E-state index contributed by atoms with van der Waals surface area (Å²) in [5.41, 5.74) is 4.12. The zero-order chi connectivity index (χ0) is 16.9. The molecule has 0 aliphatic heterocycles. The number of carbonyl (C=O) groups excluding carboxylic acids is 1. The van der Waals surface area contributed by atoms with Crippen LogP contribution >= 0.6 is 15.9 Å². The third kappa shape index (κ3) is 4.09. The summed E-state index contributed by atoms with van der Waals surface area (Å²) in [4.78, 5) is 12.3. The van der Waals surface area contributed by atoms with Crippen LogP contribution in [0.25, 0.3) is 11.1 Å². The first kappa shape index (κ1) is 16.4. The van der Waals surface area contributed by atoms with Gasteiger partial charge in [0, 0.05) is 21.8 Å². The van der Waals surface area contributed by atoms with Crippen LogP contribution in [0.4, 0.5) is 5.69 Å². The number of aryl methyl sites for hydroxylation is 1. The van der Waals surface area contributed by atoms with Gasteiger partial charge in [0.1, 0.15) is 0 Å². The van der Waals surface area contributed by atoms with Gasteiger partial charge in [-0.1, -0.05) is 46.3 Å². The molecule has 0 aliphatic carbocycles. The molecule has 0 saturated heterocycles. The van der Waals surface area contributed by atoms with Crippen molar-refractivity contribution in [3.8, 4) is 11.1 Å². The molecule has 0 aliphatic rings. The Morgan fingerprint density at radius 3 is 2.54 bits per heavy atom. The topological polar surface area (TPSA) is 33.0 Å². The van der Waals surface area contributed by atoms with Crippen molar-refractivity contribution in [2.75, 3.05) is 5.32 Å². The van der Waals surface area contributed by atoms with Gasteiger partial charge in [0.15, 0.2) is 12.4 Å². The van der Waals surface area contributed by atoms with Crippen LogP contribution in [-0.4, -0.2) is 5.91 Å². The summed E-state index contributed by atoms with van der Waals surface area (Å²) in [7, 11) is 0. The molecule has 3 aromatic rings. The van der Waals surface area contributed by atoms with E-state index < -0.39 is 0 Å². The number of benzene rings is 2. The Labute approximate surface area is 150 Å². The number of amides is 1. The van der Waals surface area contributed by atoms with Crippen LogP contribution in [0.3, 0.4) is 0 Å². The fourth-order valence-corrected chi connectivity index (χ4v) is 2.76. The number of nitrogens with zero attached hydrogens (tertiary/aromatic N) is 1. The van der Waals surface area contributed by atoms with E-state index in [4.69, 9.17) is 0 Å². The Kier molecular flexibility index (Phi) is 5.06. The van der Waals surface area contributed by atoms with Gasteiger partial charge < -0.3 is 5.32 Å². The fraction of sp³-hybridized carbons (Fsp3) is 0.100. The molecule has 24 heavy (non-hydrogen) atoms. The molecule has 2 aromatic carbocycles. The number of hydrogen-bond acceptors (Lipinski definition) is 1. The number of halogens is 1. The van der Waals surface area contributed by atoms with Crippen molar-refractivity contribution in [2.45, 2.75) is 13.5 Å². The summed E-state index contributed by atoms with van der Waals surface area (Å²) in [6, 6.07) is 19.9. The Bertz CT molecular complexity index is 863. The zero-order valence-electron chi connectivity index (χ0n) is 13.4. The molecule has 0 atom stereocenters. The molecule has 120 valence electrons. The van der Waals surface area contributed by atoms with Gasteiger partial charge >= 0.3 is 0 Å². The minimum Gasteiger partial charge on any atom is -0.321 e. The smallest absolute Gasteiger partial charge is 0.290 e. The van der Waals surface area contributed by atoms with E-state index in [9.17, 15) is 4.79 Å². The monoisotopic (exact) mass is 381 g/mol. The molecular weight excluding hydrogens is 364 g/mol. The standard InChI is InChI=1S/C20H17BrN2O/c1-15-12-18(9-10-19(15)21)22-20(24)14-23-11-5-8-17(13-23)16-6-3-2-4-7-16/h2-13H,14H2,1H3/p+1. The maximum absolute atomic E-state index is 12.3. The first-order chi connectivity index (χ1) is 11.6. The second kappa shape index (κ2) is 7.41. The van der Waals surface area contributed by atoms with E-state index in [0.29, 0.717) is 0 Å². The van der Waals surface area contributed by atoms with Gasteiger partial charge in [0.25, 0.3) is 5.91 Å². The summed E-state index contributed by atoms with van der Waals surface area (Å²) in [6.07, 6.45) is 3.89. The number of hydrogen-bond donors (Lipinski definition) is 1. The number of aromatic nitrogens is 1. The van der Waals surface area contributed by atoms with Crippen molar-refractivity contribution in [3.63, 3.8) is 0 Å². The Balaban J connectivity index is 1.71. The molecule has 3 nitrogen and oxygen atoms in total. The second-order valence-electron chi connectivity index (χ2n) is 5.64. The van der Waals surface area contributed by atoms with Crippen molar-refractivity contribution < 1.29 is 9.36 Å². The van der Waals surface area contributed by atoms with Crippen molar-refractivity contribution in [1.82, 2.24) is 0 Å². The number of carbonyl (C=O) groups is 1. The summed E-state index contributed by atoms with van der Waals surface area (Å²) in [5.74, 6) is -0.0491. The lowest BCUT2D eigenvalue weighted by Gasteiger charge is -2.06. The number of nitrogens with one attached hydrogen (secondary N) is 1. The minimum absolute atomic E-state index is 0.0491. The SMILES string of the molecule is Cc1cc(NC(=O)C[n+]2cccc(-c3ccccc3)c2)ccc1Br. The van der Waals surface area contributed by atoms with Gasteiger partial charge in [-0.25, -0.2) is 0 Å². The molecule has 0 unspecified atom stereocenters. The Morgan fingerprint density at radius 1 is 1.04 bits per heavy atom. The average molecular weight is 382 g/mol. The average Bonchev–Trinajstić information content (AvgIpc) is 2.59. The highest BCUT2D eigenvalue weighted by Crippen LogP contribution is 2.20. The molecule has 1 heterocycles. The highest BCUT2D eigenvalue weighted by Gasteiger charge is 2.11. The van der Waals surface area contributed by atoms with E-state index in [0.717, 1.165) is 26.9 Å². The number of anilines is 1. The predicted octanol–water partition coefficient (Wildman–Crippen LogP) is 4.35. The van der Waals surface area contributed by atoms with E-state index in [1.807, 2.05) is 72.4 Å². The lowest BCUT2D eigenvalue weighted by Crippen LogP contribution is -2.39. The molecule has 0 fully saturated rings. The van der Waals surface area contributed by atoms with Gasteiger partial charge in [0.05, 0.1) is 0 Å². The van der Waals surface area contributed by atoms with Crippen molar-refractivity contribution in [3.05, 3.63) is 83.1 Å². The van der Waals surface area contributed by atoms with E-state index in [1.54, 1.807) is 0 Å². The van der Waals surface area contributed by atoms with E-state index >= 15 is 0 Å².